The Hall–Kier alpha value is -2.31. The number of carbonyl (C=O) groups is 1. The first-order valence-corrected chi connectivity index (χ1v) is 10.5. The van der Waals surface area contributed by atoms with Crippen LogP contribution in [0.1, 0.15) is 24.5 Å². The van der Waals surface area contributed by atoms with Crippen LogP contribution in [0.25, 0.3) is 6.08 Å². The van der Waals surface area contributed by atoms with E-state index in [-0.39, 0.29) is 5.91 Å². The van der Waals surface area contributed by atoms with E-state index >= 15 is 0 Å². The van der Waals surface area contributed by atoms with Crippen LogP contribution in [0.2, 0.25) is 0 Å². The molecule has 0 atom stereocenters. The minimum Gasteiger partial charge on any atom is -0.493 e. The van der Waals surface area contributed by atoms with Crippen LogP contribution in [0.3, 0.4) is 0 Å². The first-order chi connectivity index (χ1) is 13.6. The summed E-state index contributed by atoms with van der Waals surface area (Å²) < 4.78 is 12.1. The molecular formula is C22H23NO3S2. The molecule has 1 aliphatic rings. The second kappa shape index (κ2) is 9.75. The Labute approximate surface area is 175 Å². The molecule has 2 aromatic rings. The highest BCUT2D eigenvalue weighted by molar-refractivity contribution is 8.26. The molecule has 0 N–H and O–H groups in total. The van der Waals surface area contributed by atoms with Crippen LogP contribution in [0.5, 0.6) is 11.5 Å². The second-order valence-electron chi connectivity index (χ2n) is 6.36. The molecule has 1 aliphatic heterocycles. The second-order valence-corrected chi connectivity index (χ2v) is 8.04. The van der Waals surface area contributed by atoms with Crippen molar-refractivity contribution in [2.75, 3.05) is 20.3 Å². The van der Waals surface area contributed by atoms with Crippen molar-refractivity contribution in [3.8, 4) is 11.5 Å². The number of ether oxygens (including phenoxy) is 2. The van der Waals surface area contributed by atoms with E-state index in [1.807, 2.05) is 42.5 Å². The van der Waals surface area contributed by atoms with Gasteiger partial charge in [0.25, 0.3) is 5.91 Å². The maximum Gasteiger partial charge on any atom is 0.265 e. The van der Waals surface area contributed by atoms with Gasteiger partial charge in [0.05, 0.1) is 18.1 Å². The zero-order valence-corrected chi connectivity index (χ0v) is 17.6. The lowest BCUT2D eigenvalue weighted by Gasteiger charge is -2.09. The van der Waals surface area contributed by atoms with Crippen LogP contribution in [0.4, 0.5) is 0 Å². The van der Waals surface area contributed by atoms with Gasteiger partial charge in [0.15, 0.2) is 0 Å². The molecule has 3 rings (SSSR count). The summed E-state index contributed by atoms with van der Waals surface area (Å²) in [7, 11) is 1.69. The molecule has 0 bridgehead atoms. The van der Waals surface area contributed by atoms with E-state index in [0.717, 1.165) is 29.9 Å². The summed E-state index contributed by atoms with van der Waals surface area (Å²) in [5.41, 5.74) is 2.22. The van der Waals surface area contributed by atoms with Gasteiger partial charge in [-0.2, -0.15) is 0 Å². The van der Waals surface area contributed by atoms with Gasteiger partial charge in [-0.15, -0.1) is 0 Å². The van der Waals surface area contributed by atoms with E-state index in [4.69, 9.17) is 21.7 Å². The summed E-state index contributed by atoms with van der Waals surface area (Å²) in [5.74, 6) is 1.59. The third-order valence-electron chi connectivity index (χ3n) is 4.30. The van der Waals surface area contributed by atoms with Crippen molar-refractivity contribution in [2.24, 2.45) is 0 Å². The molecule has 4 nitrogen and oxygen atoms in total. The number of carbonyl (C=O) groups excluding carboxylic acids is 1. The van der Waals surface area contributed by atoms with Crippen molar-refractivity contribution in [3.05, 3.63) is 64.6 Å². The minimum absolute atomic E-state index is 0.0644. The number of hydrogen-bond acceptors (Lipinski definition) is 5. The zero-order valence-electron chi connectivity index (χ0n) is 16.0. The van der Waals surface area contributed by atoms with E-state index in [2.05, 4.69) is 19.1 Å². The van der Waals surface area contributed by atoms with Gasteiger partial charge in [-0.05, 0) is 47.9 Å². The summed E-state index contributed by atoms with van der Waals surface area (Å²) in [6.45, 7) is 3.30. The third kappa shape index (κ3) is 5.36. The molecule has 0 radical (unpaired) electrons. The maximum absolute atomic E-state index is 12.1. The quantitative estimate of drug-likeness (QED) is 0.349. The van der Waals surface area contributed by atoms with Crippen molar-refractivity contribution in [1.82, 2.24) is 4.90 Å². The highest BCUT2D eigenvalue weighted by Gasteiger charge is 2.28. The Morgan fingerprint density at radius 2 is 1.79 bits per heavy atom. The fraction of sp³-hybridized carbons (Fsp3) is 0.273. The Bertz CT molecular complexity index is 878. The number of aryl methyl sites for hydroxylation is 1. The first kappa shape index (κ1) is 20.4. The standard InChI is InChI=1S/C22H23NO3S2/c1-3-16-8-10-18(11-9-16)25-12-5-13-26-19-7-4-6-17(14-19)15-20-21(24)23(2)22(27)28-20/h4,6-11,14-15H,3,5,12-13H2,1-2H3/b20-15-. The number of hydrogen-bond donors (Lipinski definition) is 0. The highest BCUT2D eigenvalue weighted by Crippen LogP contribution is 2.31. The monoisotopic (exact) mass is 413 g/mol. The number of amides is 1. The lowest BCUT2D eigenvalue weighted by Crippen LogP contribution is -2.22. The summed E-state index contributed by atoms with van der Waals surface area (Å²) >= 11 is 6.48. The van der Waals surface area contributed by atoms with E-state index in [1.54, 1.807) is 7.05 Å². The Morgan fingerprint density at radius 3 is 2.43 bits per heavy atom. The zero-order chi connectivity index (χ0) is 19.9. The van der Waals surface area contributed by atoms with Gasteiger partial charge in [-0.25, -0.2) is 0 Å². The molecule has 2 aromatic carbocycles. The molecule has 0 aliphatic carbocycles. The van der Waals surface area contributed by atoms with Crippen LogP contribution in [-0.4, -0.2) is 35.4 Å². The van der Waals surface area contributed by atoms with Crippen LogP contribution < -0.4 is 9.47 Å². The topological polar surface area (TPSA) is 38.8 Å². The fourth-order valence-corrected chi connectivity index (χ4v) is 3.83. The molecule has 0 spiro atoms. The Morgan fingerprint density at radius 1 is 1.07 bits per heavy atom. The molecule has 1 fully saturated rings. The number of likely N-dealkylation sites (N-methyl/N-ethyl adjacent to an activating group) is 1. The third-order valence-corrected chi connectivity index (χ3v) is 5.78. The van der Waals surface area contributed by atoms with Gasteiger partial charge in [-0.1, -0.05) is 55.2 Å². The minimum atomic E-state index is -0.0644. The predicted octanol–water partition coefficient (Wildman–Crippen LogP) is 4.93. The van der Waals surface area contributed by atoms with Crippen LogP contribution >= 0.6 is 24.0 Å². The molecule has 1 heterocycles. The lowest BCUT2D eigenvalue weighted by atomic mass is 10.2. The van der Waals surface area contributed by atoms with E-state index in [0.29, 0.717) is 22.4 Å². The van der Waals surface area contributed by atoms with E-state index in [9.17, 15) is 4.79 Å². The largest absolute Gasteiger partial charge is 0.493 e. The maximum atomic E-state index is 12.1. The normalized spacial score (nSPS) is 15.4. The van der Waals surface area contributed by atoms with Gasteiger partial charge in [0, 0.05) is 13.5 Å². The molecule has 1 saturated heterocycles. The smallest absolute Gasteiger partial charge is 0.265 e. The van der Waals surface area contributed by atoms with Gasteiger partial charge in [-0.3, -0.25) is 9.69 Å². The summed E-state index contributed by atoms with van der Waals surface area (Å²) in [5, 5.41) is 0. The van der Waals surface area contributed by atoms with Gasteiger partial charge < -0.3 is 9.47 Å². The summed E-state index contributed by atoms with van der Waals surface area (Å²) in [6, 6.07) is 15.9. The summed E-state index contributed by atoms with van der Waals surface area (Å²) in [4.78, 5) is 14.2. The van der Waals surface area contributed by atoms with Crippen LogP contribution in [-0.2, 0) is 11.2 Å². The molecule has 146 valence electrons. The van der Waals surface area contributed by atoms with Gasteiger partial charge >= 0.3 is 0 Å². The number of nitrogens with zero attached hydrogens (tertiary/aromatic N) is 1. The van der Waals surface area contributed by atoms with Crippen molar-refractivity contribution in [3.63, 3.8) is 0 Å². The van der Waals surface area contributed by atoms with Crippen molar-refractivity contribution in [2.45, 2.75) is 19.8 Å². The Kier molecular flexibility index (Phi) is 7.12. The summed E-state index contributed by atoms with van der Waals surface area (Å²) in [6.07, 6.45) is 3.66. The number of rotatable bonds is 8. The van der Waals surface area contributed by atoms with Crippen molar-refractivity contribution in [1.29, 1.82) is 0 Å². The molecule has 6 heteroatoms. The van der Waals surface area contributed by atoms with E-state index < -0.39 is 0 Å². The average molecular weight is 414 g/mol. The molecule has 1 amide bonds. The van der Waals surface area contributed by atoms with Crippen LogP contribution in [0, 0.1) is 0 Å². The fourth-order valence-electron chi connectivity index (χ4n) is 2.65. The van der Waals surface area contributed by atoms with Gasteiger partial charge in [0.2, 0.25) is 0 Å². The Balaban J connectivity index is 1.47. The number of thiocarbonyl (C=S) groups is 1. The predicted molar refractivity (Wildman–Crippen MR) is 119 cm³/mol. The van der Waals surface area contributed by atoms with Crippen molar-refractivity contribution >= 4 is 40.3 Å². The van der Waals surface area contributed by atoms with Gasteiger partial charge in [0.1, 0.15) is 15.8 Å². The first-order valence-electron chi connectivity index (χ1n) is 9.23. The van der Waals surface area contributed by atoms with Crippen molar-refractivity contribution < 1.29 is 14.3 Å². The lowest BCUT2D eigenvalue weighted by molar-refractivity contribution is -0.121. The van der Waals surface area contributed by atoms with Crippen LogP contribution in [0.15, 0.2) is 53.4 Å². The molecule has 0 aromatic heterocycles. The molecule has 0 saturated carbocycles. The number of benzene rings is 2. The number of thioether (sulfide) groups is 1. The van der Waals surface area contributed by atoms with E-state index in [1.165, 1.54) is 22.2 Å². The molecule has 0 unspecified atom stereocenters. The molecular weight excluding hydrogens is 390 g/mol. The highest BCUT2D eigenvalue weighted by atomic mass is 32.2. The average Bonchev–Trinajstić information content (AvgIpc) is 2.95. The SMILES string of the molecule is CCc1ccc(OCCCOc2cccc(/C=C3\SC(=S)N(C)C3=O)c2)cc1. The molecule has 28 heavy (non-hydrogen) atoms.